The molecule has 0 bridgehead atoms. The predicted octanol–water partition coefficient (Wildman–Crippen LogP) is 0.106. The van der Waals surface area contributed by atoms with Crippen molar-refractivity contribution in [3.05, 3.63) is 23.5 Å². The van der Waals surface area contributed by atoms with Crippen LogP contribution in [0.15, 0.2) is 6.07 Å². The summed E-state index contributed by atoms with van der Waals surface area (Å²) in [6.45, 7) is 3.98. The predicted molar refractivity (Wildman–Crippen MR) is 64.9 cm³/mol. The summed E-state index contributed by atoms with van der Waals surface area (Å²) in [6.07, 6.45) is 0. The van der Waals surface area contributed by atoms with E-state index in [1.54, 1.807) is 17.9 Å². The van der Waals surface area contributed by atoms with Crippen LogP contribution in [0, 0.1) is 13.8 Å². The summed E-state index contributed by atoms with van der Waals surface area (Å²) in [7, 11) is 1.58. The highest BCUT2D eigenvalue weighted by Crippen LogP contribution is 2.12. The molecule has 0 aliphatic heterocycles. The zero-order valence-corrected chi connectivity index (χ0v) is 10.5. The molecule has 8 heteroatoms. The molecule has 0 aliphatic rings. The summed E-state index contributed by atoms with van der Waals surface area (Å²) < 4.78 is 6.65. The number of ether oxygens (including phenoxy) is 1. The van der Waals surface area contributed by atoms with Crippen molar-refractivity contribution in [1.82, 2.24) is 24.7 Å². The molecule has 2 heterocycles. The molecule has 0 atom stereocenters. The van der Waals surface area contributed by atoms with Gasteiger partial charge in [0, 0.05) is 13.2 Å². The van der Waals surface area contributed by atoms with Crippen LogP contribution in [-0.4, -0.2) is 31.8 Å². The van der Waals surface area contributed by atoms with Gasteiger partial charge in [-0.05, 0) is 13.8 Å². The Morgan fingerprint density at radius 2 is 2.11 bits per heavy atom. The number of methoxy groups -OCH3 is 1. The third-order valence-electron chi connectivity index (χ3n) is 2.27. The number of hydrazine groups is 1. The van der Waals surface area contributed by atoms with E-state index in [1.165, 1.54) is 0 Å². The van der Waals surface area contributed by atoms with E-state index < -0.39 is 0 Å². The van der Waals surface area contributed by atoms with E-state index in [2.05, 4.69) is 25.5 Å². The molecule has 2 aromatic rings. The molecule has 0 amide bonds. The second-order valence-corrected chi connectivity index (χ2v) is 3.72. The molecule has 0 unspecified atom stereocenters. The molecule has 0 saturated carbocycles. The molecule has 0 fully saturated rings. The lowest BCUT2D eigenvalue weighted by atomic mass is 10.5. The Hall–Kier alpha value is -2.06. The first kappa shape index (κ1) is 12.4. The van der Waals surface area contributed by atoms with Crippen molar-refractivity contribution in [2.45, 2.75) is 20.5 Å². The average molecular weight is 249 g/mol. The van der Waals surface area contributed by atoms with Gasteiger partial charge in [0.15, 0.2) is 11.6 Å². The minimum atomic E-state index is 0.301. The van der Waals surface area contributed by atoms with Gasteiger partial charge in [-0.3, -0.25) is 0 Å². The van der Waals surface area contributed by atoms with Gasteiger partial charge in [-0.15, -0.1) is 5.10 Å². The van der Waals surface area contributed by atoms with Crippen molar-refractivity contribution in [2.24, 2.45) is 5.84 Å². The third kappa shape index (κ3) is 2.44. The maximum absolute atomic E-state index is 5.38. The van der Waals surface area contributed by atoms with E-state index in [9.17, 15) is 0 Å². The number of nitrogen functional groups attached to an aromatic ring is 1. The first-order valence-electron chi connectivity index (χ1n) is 5.38. The van der Waals surface area contributed by atoms with Crippen LogP contribution in [0.2, 0.25) is 0 Å². The highest BCUT2D eigenvalue weighted by atomic mass is 16.5. The molecule has 0 saturated heterocycles. The molecule has 3 N–H and O–H groups in total. The van der Waals surface area contributed by atoms with Crippen LogP contribution in [0.5, 0.6) is 0 Å². The monoisotopic (exact) mass is 249 g/mol. The van der Waals surface area contributed by atoms with E-state index in [0.29, 0.717) is 29.9 Å². The fraction of sp³-hybridized carbons (Fsp3) is 0.400. The van der Waals surface area contributed by atoms with Crippen LogP contribution in [-0.2, 0) is 11.3 Å². The van der Waals surface area contributed by atoms with Crippen molar-refractivity contribution in [1.29, 1.82) is 0 Å². The molecule has 0 spiro atoms. The molecule has 18 heavy (non-hydrogen) atoms. The Balaban J connectivity index is 2.49. The van der Waals surface area contributed by atoms with Gasteiger partial charge in [0.1, 0.15) is 24.1 Å². The molecule has 2 aromatic heterocycles. The lowest BCUT2D eigenvalue weighted by Gasteiger charge is -2.07. The summed E-state index contributed by atoms with van der Waals surface area (Å²) in [4.78, 5) is 12.7. The second kappa shape index (κ2) is 5.07. The van der Waals surface area contributed by atoms with Crippen LogP contribution < -0.4 is 11.3 Å². The van der Waals surface area contributed by atoms with Crippen molar-refractivity contribution in [3.8, 4) is 5.82 Å². The standard InChI is InChI=1S/C10H15N7O/c1-6-12-7(2)17(16-6)10-4-8(15-11)13-9(14-10)5-18-3/h4H,5,11H2,1-3H3,(H,13,14,15). The number of nitrogens with two attached hydrogens (primary N) is 1. The van der Waals surface area contributed by atoms with Gasteiger partial charge in [0.25, 0.3) is 0 Å². The normalized spacial score (nSPS) is 10.7. The lowest BCUT2D eigenvalue weighted by Crippen LogP contribution is -2.13. The van der Waals surface area contributed by atoms with E-state index in [0.717, 1.165) is 5.82 Å². The Bertz CT molecular complexity index is 551. The first-order valence-corrected chi connectivity index (χ1v) is 5.38. The van der Waals surface area contributed by atoms with Crippen LogP contribution in [0.4, 0.5) is 5.82 Å². The Morgan fingerprint density at radius 1 is 1.33 bits per heavy atom. The molecule has 2 rings (SSSR count). The minimum Gasteiger partial charge on any atom is -0.377 e. The first-order chi connectivity index (χ1) is 8.63. The maximum atomic E-state index is 5.38. The molecule has 0 radical (unpaired) electrons. The van der Waals surface area contributed by atoms with Gasteiger partial charge >= 0.3 is 0 Å². The summed E-state index contributed by atoms with van der Waals surface area (Å²) >= 11 is 0. The molecular weight excluding hydrogens is 234 g/mol. The Morgan fingerprint density at radius 3 is 2.67 bits per heavy atom. The second-order valence-electron chi connectivity index (χ2n) is 3.72. The van der Waals surface area contributed by atoms with Crippen LogP contribution in [0.1, 0.15) is 17.5 Å². The van der Waals surface area contributed by atoms with E-state index in [-0.39, 0.29) is 0 Å². The van der Waals surface area contributed by atoms with Crippen molar-refractivity contribution in [3.63, 3.8) is 0 Å². The number of hydrogen-bond acceptors (Lipinski definition) is 7. The number of anilines is 1. The topological polar surface area (TPSA) is 104 Å². The van der Waals surface area contributed by atoms with E-state index in [1.807, 2.05) is 13.8 Å². The number of aromatic nitrogens is 5. The molecule has 0 aromatic carbocycles. The smallest absolute Gasteiger partial charge is 0.161 e. The summed E-state index contributed by atoms with van der Waals surface area (Å²) in [5.41, 5.74) is 2.49. The SMILES string of the molecule is COCc1nc(NN)cc(-n2nc(C)nc2C)n1. The molecule has 8 nitrogen and oxygen atoms in total. The molecule has 0 aliphatic carbocycles. The van der Waals surface area contributed by atoms with E-state index >= 15 is 0 Å². The number of rotatable bonds is 4. The third-order valence-corrected chi connectivity index (χ3v) is 2.27. The van der Waals surface area contributed by atoms with Crippen molar-refractivity contribution >= 4 is 5.82 Å². The van der Waals surface area contributed by atoms with Gasteiger partial charge in [-0.25, -0.2) is 20.8 Å². The number of nitrogens with zero attached hydrogens (tertiary/aromatic N) is 5. The summed E-state index contributed by atoms with van der Waals surface area (Å²) in [6, 6.07) is 1.69. The van der Waals surface area contributed by atoms with Crippen LogP contribution >= 0.6 is 0 Å². The average Bonchev–Trinajstić information content (AvgIpc) is 2.68. The summed E-state index contributed by atoms with van der Waals surface area (Å²) in [5, 5.41) is 4.26. The number of aryl methyl sites for hydroxylation is 2. The zero-order chi connectivity index (χ0) is 13.1. The molecule has 96 valence electrons. The minimum absolute atomic E-state index is 0.301. The van der Waals surface area contributed by atoms with Gasteiger partial charge in [0.05, 0.1) is 0 Å². The van der Waals surface area contributed by atoms with Crippen molar-refractivity contribution in [2.75, 3.05) is 12.5 Å². The highest BCUT2D eigenvalue weighted by Gasteiger charge is 2.10. The van der Waals surface area contributed by atoms with Gasteiger partial charge in [-0.1, -0.05) is 0 Å². The fourth-order valence-corrected chi connectivity index (χ4v) is 1.60. The number of hydrogen-bond donors (Lipinski definition) is 2. The van der Waals surface area contributed by atoms with Gasteiger partial charge < -0.3 is 10.2 Å². The molecular formula is C10H15N7O. The Labute approximate surface area is 104 Å². The van der Waals surface area contributed by atoms with Gasteiger partial charge in [0.2, 0.25) is 0 Å². The fourth-order valence-electron chi connectivity index (χ4n) is 1.60. The lowest BCUT2D eigenvalue weighted by molar-refractivity contribution is 0.178. The largest absolute Gasteiger partial charge is 0.377 e. The van der Waals surface area contributed by atoms with E-state index in [4.69, 9.17) is 10.6 Å². The van der Waals surface area contributed by atoms with Crippen LogP contribution in [0.3, 0.4) is 0 Å². The van der Waals surface area contributed by atoms with Gasteiger partial charge in [-0.2, -0.15) is 4.68 Å². The Kier molecular flexibility index (Phi) is 3.49. The maximum Gasteiger partial charge on any atom is 0.161 e. The zero-order valence-electron chi connectivity index (χ0n) is 10.5. The highest BCUT2D eigenvalue weighted by molar-refractivity contribution is 5.40. The number of nitrogens with one attached hydrogen (secondary N) is 1. The summed E-state index contributed by atoms with van der Waals surface area (Å²) in [5.74, 6) is 8.43. The van der Waals surface area contributed by atoms with Crippen molar-refractivity contribution < 1.29 is 4.74 Å². The van der Waals surface area contributed by atoms with Crippen LogP contribution in [0.25, 0.3) is 5.82 Å². The quantitative estimate of drug-likeness (QED) is 0.585.